The van der Waals surface area contributed by atoms with Crippen molar-refractivity contribution in [2.24, 2.45) is 0 Å². The quantitative estimate of drug-likeness (QED) is 0.513. The topological polar surface area (TPSA) is 21.7 Å². The van der Waals surface area contributed by atoms with Crippen LogP contribution >= 0.6 is 0 Å². The van der Waals surface area contributed by atoms with Crippen LogP contribution in [0.3, 0.4) is 0 Å². The summed E-state index contributed by atoms with van der Waals surface area (Å²) in [4.78, 5) is 1.94. The highest BCUT2D eigenvalue weighted by atomic mass is 15.5. The zero-order chi connectivity index (χ0) is 14.1. The van der Waals surface area contributed by atoms with Gasteiger partial charge in [0.05, 0.1) is 5.10 Å². The number of nitrogens with zero attached hydrogens (tertiary/aromatic N) is 3. The largest absolute Gasteiger partial charge is 0.250 e. The van der Waals surface area contributed by atoms with E-state index >= 15 is 0 Å². The molecule has 0 aliphatic heterocycles. The molecule has 0 unspecified atom stereocenters. The van der Waals surface area contributed by atoms with Gasteiger partial charge in [-0.05, 0) is 41.2 Å². The Morgan fingerprint density at radius 2 is 1.29 bits per heavy atom. The Bertz CT molecular complexity index is 880. The Balaban J connectivity index is 2.07. The first-order valence-electron chi connectivity index (χ1n) is 6.94. The lowest BCUT2D eigenvalue weighted by Crippen LogP contribution is -2.40. The van der Waals surface area contributed by atoms with Crippen molar-refractivity contribution >= 4 is 11.0 Å². The lowest BCUT2D eigenvalue weighted by molar-refractivity contribution is -0.655. The molecule has 0 aliphatic rings. The fourth-order valence-corrected chi connectivity index (χ4v) is 2.53. The standard InChI is InChI=1S/C18H14N3/c1-3-9-15(10-4-1)20-18-14-8-7-13-17(18)19-21(20)16-11-5-2-6-12-16/h1-14H/q+1. The van der Waals surface area contributed by atoms with Crippen molar-refractivity contribution in [1.82, 2.24) is 9.90 Å². The Morgan fingerprint density at radius 3 is 2.05 bits per heavy atom. The molecule has 0 amide bonds. The first-order chi connectivity index (χ1) is 10.4. The summed E-state index contributed by atoms with van der Waals surface area (Å²) in [5, 5.41) is 4.74. The maximum Gasteiger partial charge on any atom is 0.250 e. The summed E-state index contributed by atoms with van der Waals surface area (Å²) in [5.41, 5.74) is 4.20. The molecular weight excluding hydrogens is 258 g/mol. The number of benzene rings is 3. The lowest BCUT2D eigenvalue weighted by atomic mass is 10.3. The number of aromatic nitrogens is 3. The van der Waals surface area contributed by atoms with Gasteiger partial charge >= 0.3 is 0 Å². The molecule has 3 aromatic carbocycles. The third kappa shape index (κ3) is 1.99. The molecule has 0 saturated heterocycles. The first-order valence-corrected chi connectivity index (χ1v) is 6.94. The normalized spacial score (nSPS) is 10.9. The van der Waals surface area contributed by atoms with E-state index in [1.165, 1.54) is 0 Å². The van der Waals surface area contributed by atoms with Crippen LogP contribution in [-0.4, -0.2) is 9.90 Å². The second-order valence-electron chi connectivity index (χ2n) is 4.86. The van der Waals surface area contributed by atoms with Gasteiger partial charge in [-0.2, -0.15) is 0 Å². The summed E-state index contributed by atoms with van der Waals surface area (Å²) >= 11 is 0. The summed E-state index contributed by atoms with van der Waals surface area (Å²) in [6, 6.07) is 28.7. The van der Waals surface area contributed by atoms with Crippen LogP contribution in [0.25, 0.3) is 22.4 Å². The first kappa shape index (κ1) is 11.9. The van der Waals surface area contributed by atoms with Crippen molar-refractivity contribution in [1.29, 1.82) is 0 Å². The Hall–Kier alpha value is -2.94. The predicted molar refractivity (Wildman–Crippen MR) is 82.6 cm³/mol. The van der Waals surface area contributed by atoms with E-state index in [0.29, 0.717) is 0 Å². The molecule has 0 spiro atoms. The van der Waals surface area contributed by atoms with Gasteiger partial charge in [-0.25, -0.2) is 0 Å². The van der Waals surface area contributed by atoms with Crippen LogP contribution in [0.2, 0.25) is 0 Å². The third-order valence-corrected chi connectivity index (χ3v) is 3.49. The van der Waals surface area contributed by atoms with Gasteiger partial charge in [0.25, 0.3) is 0 Å². The smallest absolute Gasteiger partial charge is 0.112 e. The molecule has 0 saturated carbocycles. The molecule has 0 N–H and O–H groups in total. The number of fused-ring (bicyclic) bond motifs is 1. The van der Waals surface area contributed by atoms with Crippen LogP contribution in [0.15, 0.2) is 84.9 Å². The minimum absolute atomic E-state index is 0.977. The van der Waals surface area contributed by atoms with Gasteiger partial charge in [0.1, 0.15) is 5.69 Å². The molecule has 1 heterocycles. The van der Waals surface area contributed by atoms with Crippen molar-refractivity contribution in [2.45, 2.75) is 0 Å². The van der Waals surface area contributed by atoms with Crippen LogP contribution in [-0.2, 0) is 0 Å². The molecule has 3 nitrogen and oxygen atoms in total. The summed E-state index contributed by atoms with van der Waals surface area (Å²) in [6.07, 6.45) is 0. The second kappa shape index (κ2) is 4.87. The highest BCUT2D eigenvalue weighted by Gasteiger charge is 2.21. The van der Waals surface area contributed by atoms with Gasteiger partial charge in [-0.15, -0.1) is 4.68 Å². The second-order valence-corrected chi connectivity index (χ2v) is 4.86. The van der Waals surface area contributed by atoms with E-state index in [0.717, 1.165) is 22.4 Å². The zero-order valence-corrected chi connectivity index (χ0v) is 11.4. The summed E-state index contributed by atoms with van der Waals surface area (Å²) in [6.45, 7) is 0. The third-order valence-electron chi connectivity index (χ3n) is 3.49. The summed E-state index contributed by atoms with van der Waals surface area (Å²) < 4.78 is 2.13. The molecule has 3 heteroatoms. The van der Waals surface area contributed by atoms with E-state index in [-0.39, 0.29) is 0 Å². The molecule has 4 rings (SSSR count). The Kier molecular flexibility index (Phi) is 2.75. The molecule has 100 valence electrons. The van der Waals surface area contributed by atoms with Crippen molar-refractivity contribution in [3.8, 4) is 11.4 Å². The SMILES string of the molecule is c1ccc(-n2nc3ccccc3[n+]2-c2ccccc2)cc1. The fourth-order valence-electron chi connectivity index (χ4n) is 2.53. The van der Waals surface area contributed by atoms with Crippen LogP contribution in [0.1, 0.15) is 0 Å². The molecule has 21 heavy (non-hydrogen) atoms. The zero-order valence-electron chi connectivity index (χ0n) is 11.4. The summed E-state index contributed by atoms with van der Waals surface area (Å²) in [7, 11) is 0. The van der Waals surface area contributed by atoms with Crippen LogP contribution < -0.4 is 4.68 Å². The van der Waals surface area contributed by atoms with Crippen molar-refractivity contribution in [3.05, 3.63) is 84.9 Å². The number of hydrogen-bond acceptors (Lipinski definition) is 1. The monoisotopic (exact) mass is 272 g/mol. The van der Waals surface area contributed by atoms with Gasteiger partial charge in [-0.3, -0.25) is 0 Å². The van der Waals surface area contributed by atoms with Crippen LogP contribution in [0.5, 0.6) is 0 Å². The summed E-state index contributed by atoms with van der Waals surface area (Å²) in [5.74, 6) is 0. The van der Waals surface area contributed by atoms with Gasteiger partial charge in [-0.1, -0.05) is 48.5 Å². The van der Waals surface area contributed by atoms with Gasteiger partial charge in [0.15, 0.2) is 5.69 Å². The lowest BCUT2D eigenvalue weighted by Gasteiger charge is -2.02. The minimum Gasteiger partial charge on any atom is -0.112 e. The van der Waals surface area contributed by atoms with Crippen LogP contribution in [0.4, 0.5) is 0 Å². The average Bonchev–Trinajstić information content (AvgIpc) is 2.96. The van der Waals surface area contributed by atoms with Gasteiger partial charge in [0.2, 0.25) is 11.0 Å². The molecule has 0 atom stereocenters. The molecule has 0 bridgehead atoms. The van der Waals surface area contributed by atoms with Gasteiger partial charge < -0.3 is 0 Å². The Labute approximate surface area is 122 Å². The van der Waals surface area contributed by atoms with E-state index in [9.17, 15) is 0 Å². The number of rotatable bonds is 2. The number of para-hydroxylation sites is 3. The highest BCUT2D eigenvalue weighted by Crippen LogP contribution is 2.13. The van der Waals surface area contributed by atoms with E-state index in [1.807, 2.05) is 59.4 Å². The van der Waals surface area contributed by atoms with Gasteiger partial charge in [0, 0.05) is 0 Å². The Morgan fingerprint density at radius 1 is 0.667 bits per heavy atom. The highest BCUT2D eigenvalue weighted by molar-refractivity contribution is 5.70. The molecular formula is C18H14N3+. The molecule has 0 fully saturated rings. The van der Waals surface area contributed by atoms with Crippen molar-refractivity contribution < 1.29 is 4.68 Å². The van der Waals surface area contributed by atoms with E-state index in [1.54, 1.807) is 0 Å². The molecule has 4 aromatic rings. The number of hydrogen-bond donors (Lipinski definition) is 0. The average molecular weight is 272 g/mol. The van der Waals surface area contributed by atoms with E-state index < -0.39 is 0 Å². The molecule has 0 radical (unpaired) electrons. The van der Waals surface area contributed by atoms with E-state index in [2.05, 4.69) is 35.0 Å². The maximum absolute atomic E-state index is 4.74. The van der Waals surface area contributed by atoms with Crippen molar-refractivity contribution in [2.75, 3.05) is 0 Å². The maximum atomic E-state index is 4.74. The molecule has 1 aromatic heterocycles. The predicted octanol–water partition coefficient (Wildman–Crippen LogP) is 3.30. The fraction of sp³-hybridized carbons (Fsp3) is 0. The minimum atomic E-state index is 0.977. The molecule has 0 aliphatic carbocycles. The van der Waals surface area contributed by atoms with Crippen molar-refractivity contribution in [3.63, 3.8) is 0 Å². The van der Waals surface area contributed by atoms with E-state index in [4.69, 9.17) is 5.10 Å². The van der Waals surface area contributed by atoms with Crippen LogP contribution in [0, 0.1) is 0 Å².